The lowest BCUT2D eigenvalue weighted by Gasteiger charge is -2.04. The van der Waals surface area contributed by atoms with E-state index >= 15 is 0 Å². The van der Waals surface area contributed by atoms with Gasteiger partial charge in [-0.2, -0.15) is 0 Å². The van der Waals surface area contributed by atoms with Gasteiger partial charge >= 0.3 is 0 Å². The third kappa shape index (κ3) is 3.46. The Bertz CT molecular complexity index is 1050. The van der Waals surface area contributed by atoms with E-state index in [-0.39, 0.29) is 9.90 Å². The minimum absolute atomic E-state index is 0.00444. The van der Waals surface area contributed by atoms with E-state index in [4.69, 9.17) is 11.6 Å². The van der Waals surface area contributed by atoms with Crippen molar-refractivity contribution in [3.63, 3.8) is 0 Å². The number of nitrogens with zero attached hydrogens (tertiary/aromatic N) is 2. The largest absolute Gasteiger partial charge is 0.333 e. The van der Waals surface area contributed by atoms with Crippen molar-refractivity contribution in [3.05, 3.63) is 58.2 Å². The molecule has 0 saturated heterocycles. The molecule has 2 heterocycles. The zero-order valence-corrected chi connectivity index (χ0v) is 15.7. The first kappa shape index (κ1) is 17.7. The molecule has 0 atom stereocenters. The molecular formula is C16H14ClN3O3S2. The first-order valence-corrected chi connectivity index (χ1v) is 9.93. The van der Waals surface area contributed by atoms with E-state index in [0.717, 1.165) is 11.3 Å². The molecule has 3 rings (SSSR count). The fourth-order valence-electron chi connectivity index (χ4n) is 2.32. The van der Waals surface area contributed by atoms with Crippen molar-refractivity contribution in [3.8, 4) is 11.4 Å². The average molecular weight is 396 g/mol. The first-order valence-electron chi connectivity index (χ1n) is 7.19. The maximum atomic E-state index is 12.4. The number of amides is 1. The Morgan fingerprint density at radius 1 is 1.28 bits per heavy atom. The highest BCUT2D eigenvalue weighted by Gasteiger charge is 2.24. The zero-order chi connectivity index (χ0) is 18.2. The molecule has 0 unspecified atom stereocenters. The topological polar surface area (TPSA) is 81.1 Å². The summed E-state index contributed by atoms with van der Waals surface area (Å²) >= 11 is 7.22. The lowest BCUT2D eigenvalue weighted by atomic mass is 10.2. The summed E-state index contributed by atoms with van der Waals surface area (Å²) in [7, 11) is -2.22. The van der Waals surface area contributed by atoms with Crippen LogP contribution in [0.15, 0.2) is 46.1 Å². The Balaban J connectivity index is 1.91. The molecule has 130 valence electrons. The van der Waals surface area contributed by atoms with Gasteiger partial charge in [0, 0.05) is 18.8 Å². The van der Waals surface area contributed by atoms with Crippen molar-refractivity contribution in [1.82, 2.24) is 14.3 Å². The first-order chi connectivity index (χ1) is 11.8. The van der Waals surface area contributed by atoms with Crippen molar-refractivity contribution in [2.75, 3.05) is 0 Å². The monoisotopic (exact) mass is 395 g/mol. The van der Waals surface area contributed by atoms with Gasteiger partial charge in [-0.25, -0.2) is 18.1 Å². The quantitative estimate of drug-likeness (QED) is 0.735. The third-order valence-corrected chi connectivity index (χ3v) is 6.86. The highest BCUT2D eigenvalue weighted by molar-refractivity contribution is 7.92. The van der Waals surface area contributed by atoms with E-state index in [0.29, 0.717) is 22.0 Å². The summed E-state index contributed by atoms with van der Waals surface area (Å²) in [6.07, 6.45) is 1.46. The number of thiophene rings is 1. The molecule has 1 N–H and O–H groups in total. The van der Waals surface area contributed by atoms with Gasteiger partial charge in [-0.15, -0.1) is 11.3 Å². The van der Waals surface area contributed by atoms with Crippen LogP contribution in [0.4, 0.5) is 0 Å². The molecule has 9 heteroatoms. The summed E-state index contributed by atoms with van der Waals surface area (Å²) in [6.45, 7) is 1.67. The summed E-state index contributed by atoms with van der Waals surface area (Å²) in [5.41, 5.74) is 1.24. The standard InChI is InChI=1S/C16H14ClN3O3S2/c1-10-7-8-24-16(10)25(22,23)19-15(21)13-9-20(2)14(18-13)11-5-3-4-6-12(11)17/h3-9H,1-2H3,(H,19,21). The van der Waals surface area contributed by atoms with Crippen molar-refractivity contribution in [1.29, 1.82) is 0 Å². The van der Waals surface area contributed by atoms with Crippen LogP contribution in [0.5, 0.6) is 0 Å². The normalized spacial score (nSPS) is 11.5. The molecule has 3 aromatic rings. The second kappa shape index (κ2) is 6.62. The summed E-state index contributed by atoms with van der Waals surface area (Å²) < 4.78 is 28.5. The number of sulfonamides is 1. The predicted molar refractivity (Wildman–Crippen MR) is 97.4 cm³/mol. The number of halogens is 1. The van der Waals surface area contributed by atoms with Crippen LogP contribution in [0.1, 0.15) is 16.1 Å². The number of carbonyl (C=O) groups excluding carboxylic acids is 1. The number of carbonyl (C=O) groups is 1. The second-order valence-electron chi connectivity index (χ2n) is 5.37. The van der Waals surface area contributed by atoms with Gasteiger partial charge in [-0.1, -0.05) is 23.7 Å². The van der Waals surface area contributed by atoms with Crippen molar-refractivity contribution in [2.24, 2.45) is 7.05 Å². The number of imidazole rings is 1. The number of nitrogens with one attached hydrogen (secondary N) is 1. The summed E-state index contributed by atoms with van der Waals surface area (Å²) in [5.74, 6) is -0.317. The minimum Gasteiger partial charge on any atom is -0.333 e. The maximum absolute atomic E-state index is 12.4. The second-order valence-corrected chi connectivity index (χ2v) is 8.57. The third-order valence-electron chi connectivity index (χ3n) is 3.51. The molecular weight excluding hydrogens is 382 g/mol. The van der Waals surface area contributed by atoms with Crippen LogP contribution in [0.3, 0.4) is 0 Å². The number of hydrogen-bond acceptors (Lipinski definition) is 5. The van der Waals surface area contributed by atoms with Crippen LogP contribution >= 0.6 is 22.9 Å². The van der Waals surface area contributed by atoms with Crippen molar-refractivity contribution in [2.45, 2.75) is 11.1 Å². The van der Waals surface area contributed by atoms with Gasteiger partial charge in [0.15, 0.2) is 0 Å². The molecule has 6 nitrogen and oxygen atoms in total. The number of rotatable bonds is 4. The fourth-order valence-corrected chi connectivity index (χ4v) is 4.92. The lowest BCUT2D eigenvalue weighted by Crippen LogP contribution is -2.30. The van der Waals surface area contributed by atoms with Gasteiger partial charge in [-0.3, -0.25) is 4.79 Å². The zero-order valence-electron chi connectivity index (χ0n) is 13.4. The van der Waals surface area contributed by atoms with Crippen LogP contribution in [-0.4, -0.2) is 23.9 Å². The highest BCUT2D eigenvalue weighted by Crippen LogP contribution is 2.27. The molecule has 0 aliphatic rings. The van der Waals surface area contributed by atoms with Crippen molar-refractivity contribution < 1.29 is 13.2 Å². The van der Waals surface area contributed by atoms with Crippen LogP contribution in [0.25, 0.3) is 11.4 Å². The van der Waals surface area contributed by atoms with Gasteiger partial charge in [0.05, 0.1) is 5.02 Å². The molecule has 0 fully saturated rings. The van der Waals surface area contributed by atoms with Crippen LogP contribution in [-0.2, 0) is 17.1 Å². The number of hydrogen-bond donors (Lipinski definition) is 1. The highest BCUT2D eigenvalue weighted by atomic mass is 35.5. The van der Waals surface area contributed by atoms with E-state index in [9.17, 15) is 13.2 Å². The minimum atomic E-state index is -3.93. The van der Waals surface area contributed by atoms with E-state index in [2.05, 4.69) is 9.71 Å². The summed E-state index contributed by atoms with van der Waals surface area (Å²) in [6, 6.07) is 8.77. The Morgan fingerprint density at radius 3 is 2.64 bits per heavy atom. The van der Waals surface area contributed by atoms with Crippen LogP contribution in [0, 0.1) is 6.92 Å². The van der Waals surface area contributed by atoms with E-state index in [1.54, 1.807) is 54.3 Å². The summed E-state index contributed by atoms with van der Waals surface area (Å²) in [5, 5.41) is 2.15. The molecule has 1 amide bonds. The number of benzene rings is 1. The molecule has 1 aromatic carbocycles. The number of aryl methyl sites for hydroxylation is 2. The Kier molecular flexibility index (Phi) is 4.68. The van der Waals surface area contributed by atoms with Gasteiger partial charge in [0.2, 0.25) is 0 Å². The Hall–Kier alpha value is -2.16. The molecule has 0 saturated carbocycles. The van der Waals surface area contributed by atoms with E-state index in [1.807, 2.05) is 0 Å². The maximum Gasteiger partial charge on any atom is 0.285 e. The number of aromatic nitrogens is 2. The van der Waals surface area contributed by atoms with Crippen molar-refractivity contribution >= 4 is 38.9 Å². The molecule has 0 radical (unpaired) electrons. The predicted octanol–water partition coefficient (Wildman–Crippen LogP) is 3.23. The molecule has 0 spiro atoms. The van der Waals surface area contributed by atoms with Gasteiger partial charge in [0.1, 0.15) is 15.7 Å². The van der Waals surface area contributed by atoms with E-state index in [1.165, 1.54) is 6.20 Å². The fraction of sp³-hybridized carbons (Fsp3) is 0.125. The van der Waals surface area contributed by atoms with Gasteiger partial charge in [0.25, 0.3) is 15.9 Å². The Labute approximate surface area is 154 Å². The summed E-state index contributed by atoms with van der Waals surface area (Å²) in [4.78, 5) is 16.6. The molecule has 0 bridgehead atoms. The SMILES string of the molecule is Cc1ccsc1S(=O)(=O)NC(=O)c1cn(C)c(-c2ccccc2Cl)n1. The molecule has 0 aliphatic carbocycles. The van der Waals surface area contributed by atoms with E-state index < -0.39 is 15.9 Å². The van der Waals surface area contributed by atoms with Gasteiger partial charge < -0.3 is 4.57 Å². The van der Waals surface area contributed by atoms with Gasteiger partial charge in [-0.05, 0) is 36.1 Å². The smallest absolute Gasteiger partial charge is 0.285 e. The van der Waals surface area contributed by atoms with Crippen LogP contribution in [0.2, 0.25) is 5.02 Å². The van der Waals surface area contributed by atoms with Crippen LogP contribution < -0.4 is 4.72 Å². The average Bonchev–Trinajstić information content (AvgIpc) is 3.14. The lowest BCUT2D eigenvalue weighted by molar-refractivity contribution is 0.0977. The molecule has 0 aliphatic heterocycles. The molecule has 2 aromatic heterocycles. The molecule has 25 heavy (non-hydrogen) atoms. The Morgan fingerprint density at radius 2 is 2.00 bits per heavy atom.